The van der Waals surface area contributed by atoms with Crippen LogP contribution in [0.5, 0.6) is 0 Å². The van der Waals surface area contributed by atoms with Gasteiger partial charge in [-0.25, -0.2) is 9.18 Å². The first-order valence-corrected chi connectivity index (χ1v) is 7.08. The zero-order chi connectivity index (χ0) is 14.6. The van der Waals surface area contributed by atoms with E-state index in [0.29, 0.717) is 6.54 Å². The van der Waals surface area contributed by atoms with Crippen LogP contribution >= 0.6 is 0 Å². The number of rotatable bonds is 3. The van der Waals surface area contributed by atoms with Crippen LogP contribution in [-0.2, 0) is 0 Å². The van der Waals surface area contributed by atoms with Crippen molar-refractivity contribution in [3.05, 3.63) is 30.1 Å². The van der Waals surface area contributed by atoms with Gasteiger partial charge in [0.25, 0.3) is 0 Å². The number of carbonyl (C=O) groups is 1. The van der Waals surface area contributed by atoms with Gasteiger partial charge in [0.05, 0.1) is 11.2 Å². The molecule has 0 heterocycles. The molecule has 0 atom stereocenters. The Morgan fingerprint density at radius 2 is 2.00 bits per heavy atom. The van der Waals surface area contributed by atoms with Gasteiger partial charge < -0.3 is 16.0 Å². The topological polar surface area (TPSA) is 58.4 Å². The van der Waals surface area contributed by atoms with Crippen molar-refractivity contribution >= 4 is 11.7 Å². The molecular formula is C15H22FN3O. The maximum Gasteiger partial charge on any atom is 0.322 e. The Kier molecular flexibility index (Phi) is 4.60. The van der Waals surface area contributed by atoms with Crippen LogP contribution in [0.2, 0.25) is 0 Å². The van der Waals surface area contributed by atoms with E-state index in [9.17, 15) is 9.18 Å². The van der Waals surface area contributed by atoms with E-state index in [4.69, 9.17) is 5.73 Å². The third kappa shape index (κ3) is 2.93. The second-order valence-electron chi connectivity index (χ2n) is 5.46. The number of nitrogens with one attached hydrogen (secondary N) is 1. The van der Waals surface area contributed by atoms with E-state index in [1.165, 1.54) is 12.5 Å². The van der Waals surface area contributed by atoms with Crippen molar-refractivity contribution in [2.24, 2.45) is 5.73 Å². The molecule has 1 saturated carbocycles. The van der Waals surface area contributed by atoms with Gasteiger partial charge in [-0.3, -0.25) is 0 Å². The normalized spacial score (nSPS) is 17.6. The molecule has 0 bridgehead atoms. The lowest BCUT2D eigenvalue weighted by molar-refractivity contribution is 0.112. The van der Waals surface area contributed by atoms with Crippen LogP contribution in [0.4, 0.5) is 14.9 Å². The predicted molar refractivity (Wildman–Crippen MR) is 78.1 cm³/mol. The molecule has 0 aromatic heterocycles. The smallest absolute Gasteiger partial charge is 0.322 e. The molecule has 1 fully saturated rings. The van der Waals surface area contributed by atoms with Crippen LogP contribution in [-0.4, -0.2) is 30.1 Å². The Hall–Kier alpha value is -1.62. The van der Waals surface area contributed by atoms with Crippen LogP contribution in [0.15, 0.2) is 24.3 Å². The number of urea groups is 1. The average molecular weight is 279 g/mol. The quantitative estimate of drug-likeness (QED) is 0.893. The summed E-state index contributed by atoms with van der Waals surface area (Å²) in [5.74, 6) is -0.431. The number of hydrogen-bond donors (Lipinski definition) is 2. The molecule has 1 aliphatic rings. The van der Waals surface area contributed by atoms with Crippen molar-refractivity contribution in [3.8, 4) is 0 Å². The van der Waals surface area contributed by atoms with Gasteiger partial charge in [0.1, 0.15) is 5.82 Å². The molecule has 5 heteroatoms. The van der Waals surface area contributed by atoms with E-state index in [1.54, 1.807) is 30.1 Å². The second kappa shape index (κ2) is 6.22. The molecule has 110 valence electrons. The van der Waals surface area contributed by atoms with Crippen LogP contribution < -0.4 is 11.1 Å². The van der Waals surface area contributed by atoms with E-state index in [1.807, 2.05) is 0 Å². The molecule has 1 aromatic carbocycles. The first kappa shape index (κ1) is 14.8. The fourth-order valence-electron chi connectivity index (χ4n) is 2.86. The summed E-state index contributed by atoms with van der Waals surface area (Å²) >= 11 is 0. The van der Waals surface area contributed by atoms with E-state index in [2.05, 4.69) is 5.32 Å². The number of hydrogen-bond acceptors (Lipinski definition) is 2. The number of carbonyl (C=O) groups excluding carboxylic acids is 1. The maximum atomic E-state index is 13.6. The molecule has 2 rings (SSSR count). The van der Waals surface area contributed by atoms with Crippen LogP contribution in [0, 0.1) is 5.82 Å². The highest BCUT2D eigenvalue weighted by molar-refractivity contribution is 5.89. The number of nitrogens with two attached hydrogens (primary N) is 1. The van der Waals surface area contributed by atoms with Crippen molar-refractivity contribution in [2.75, 3.05) is 18.9 Å². The number of amides is 2. The molecule has 0 spiro atoms. The van der Waals surface area contributed by atoms with E-state index < -0.39 is 5.82 Å². The number of para-hydroxylation sites is 1. The Morgan fingerprint density at radius 3 is 2.60 bits per heavy atom. The molecule has 1 aromatic rings. The van der Waals surface area contributed by atoms with Crippen LogP contribution in [0.1, 0.15) is 32.1 Å². The van der Waals surface area contributed by atoms with Crippen molar-refractivity contribution < 1.29 is 9.18 Å². The number of benzene rings is 1. The lowest BCUT2D eigenvalue weighted by Gasteiger charge is -2.43. The predicted octanol–water partition coefficient (Wildman–Crippen LogP) is 2.95. The first-order chi connectivity index (χ1) is 9.59. The van der Waals surface area contributed by atoms with Crippen molar-refractivity contribution in [1.29, 1.82) is 0 Å². The van der Waals surface area contributed by atoms with Gasteiger partial charge in [-0.05, 0) is 25.0 Å². The first-order valence-electron chi connectivity index (χ1n) is 7.08. The minimum Gasteiger partial charge on any atom is -0.328 e. The van der Waals surface area contributed by atoms with Gasteiger partial charge in [-0.15, -0.1) is 0 Å². The van der Waals surface area contributed by atoms with E-state index in [0.717, 1.165) is 25.7 Å². The summed E-state index contributed by atoms with van der Waals surface area (Å²) in [6.07, 6.45) is 5.16. The molecule has 0 aliphatic heterocycles. The molecular weight excluding hydrogens is 257 g/mol. The number of nitrogens with zero attached hydrogens (tertiary/aromatic N) is 1. The third-order valence-corrected chi connectivity index (χ3v) is 4.30. The molecule has 4 nitrogen and oxygen atoms in total. The molecule has 1 aliphatic carbocycles. The summed E-state index contributed by atoms with van der Waals surface area (Å²) in [6.45, 7) is 0.439. The van der Waals surface area contributed by atoms with Crippen LogP contribution in [0.25, 0.3) is 0 Å². The lowest BCUT2D eigenvalue weighted by Crippen LogP contribution is -2.56. The van der Waals surface area contributed by atoms with E-state index >= 15 is 0 Å². The standard InChI is InChI=1S/C15H22FN3O/c1-19(15(11-17)9-5-2-6-10-15)14(20)18-13-8-4-3-7-12(13)16/h3-4,7-8H,2,5-6,9-11,17H2,1H3,(H,18,20). The minimum absolute atomic E-state index is 0.201. The molecule has 0 saturated heterocycles. The highest BCUT2D eigenvalue weighted by Gasteiger charge is 2.37. The molecule has 20 heavy (non-hydrogen) atoms. The number of likely N-dealkylation sites (N-methyl/N-ethyl adjacent to an activating group) is 1. The highest BCUT2D eigenvalue weighted by Crippen LogP contribution is 2.32. The van der Waals surface area contributed by atoms with Gasteiger partial charge in [-0.1, -0.05) is 31.4 Å². The zero-order valence-electron chi connectivity index (χ0n) is 11.9. The summed E-state index contributed by atoms with van der Waals surface area (Å²) in [5, 5.41) is 2.62. The monoisotopic (exact) mass is 279 g/mol. The summed E-state index contributed by atoms with van der Waals surface area (Å²) in [7, 11) is 1.74. The molecule has 0 unspecified atom stereocenters. The summed E-state index contributed by atoms with van der Waals surface area (Å²) < 4.78 is 13.6. The summed E-state index contributed by atoms with van der Waals surface area (Å²) in [6, 6.07) is 5.86. The maximum absolute atomic E-state index is 13.6. The lowest BCUT2D eigenvalue weighted by atomic mass is 9.80. The van der Waals surface area contributed by atoms with E-state index in [-0.39, 0.29) is 17.3 Å². The van der Waals surface area contributed by atoms with Crippen molar-refractivity contribution in [3.63, 3.8) is 0 Å². The fraction of sp³-hybridized carbons (Fsp3) is 0.533. The Morgan fingerprint density at radius 1 is 1.35 bits per heavy atom. The molecule has 0 radical (unpaired) electrons. The Balaban J connectivity index is 2.10. The molecule has 3 N–H and O–H groups in total. The van der Waals surface area contributed by atoms with Crippen molar-refractivity contribution in [1.82, 2.24) is 4.90 Å². The SMILES string of the molecule is CN(C(=O)Nc1ccccc1F)C1(CN)CCCCC1. The Labute approximate surface area is 119 Å². The zero-order valence-corrected chi connectivity index (χ0v) is 11.9. The van der Waals surface area contributed by atoms with Gasteiger partial charge >= 0.3 is 6.03 Å². The van der Waals surface area contributed by atoms with Gasteiger partial charge in [0, 0.05) is 13.6 Å². The molecule has 2 amide bonds. The second-order valence-corrected chi connectivity index (χ2v) is 5.46. The minimum atomic E-state index is -0.431. The third-order valence-electron chi connectivity index (χ3n) is 4.30. The van der Waals surface area contributed by atoms with Crippen molar-refractivity contribution in [2.45, 2.75) is 37.6 Å². The largest absolute Gasteiger partial charge is 0.328 e. The summed E-state index contributed by atoms with van der Waals surface area (Å²) in [5.41, 5.74) is 5.81. The van der Waals surface area contributed by atoms with Gasteiger partial charge in [0.2, 0.25) is 0 Å². The number of halogens is 1. The van der Waals surface area contributed by atoms with Gasteiger partial charge in [-0.2, -0.15) is 0 Å². The number of anilines is 1. The summed E-state index contributed by atoms with van der Waals surface area (Å²) in [4.78, 5) is 14.0. The van der Waals surface area contributed by atoms with Gasteiger partial charge in [0.15, 0.2) is 0 Å². The van der Waals surface area contributed by atoms with Crippen LogP contribution in [0.3, 0.4) is 0 Å². The fourth-order valence-corrected chi connectivity index (χ4v) is 2.86. The average Bonchev–Trinajstić information content (AvgIpc) is 2.49. The Bertz CT molecular complexity index is 472. The highest BCUT2D eigenvalue weighted by atomic mass is 19.1.